The fraction of sp³-hybridized carbons (Fsp3) is 0.385. The van der Waals surface area contributed by atoms with Crippen molar-refractivity contribution in [3.8, 4) is 0 Å². The normalized spacial score (nSPS) is 14.9. The van der Waals surface area contributed by atoms with Gasteiger partial charge in [0.2, 0.25) is 0 Å². The van der Waals surface area contributed by atoms with E-state index in [9.17, 15) is 4.79 Å². The Labute approximate surface area is 116 Å². The van der Waals surface area contributed by atoms with Gasteiger partial charge >= 0.3 is 6.09 Å². The van der Waals surface area contributed by atoms with Gasteiger partial charge in [-0.1, -0.05) is 12.1 Å². The SMILES string of the molecule is [2H]c1c([2H])c([2H])c2c(nc(CCl)n2C(=O)OC(C)(C)C)c1[2H]. The van der Waals surface area contributed by atoms with Crippen LogP contribution in [-0.4, -0.2) is 21.2 Å². The van der Waals surface area contributed by atoms with E-state index in [0.717, 1.165) is 4.57 Å². The van der Waals surface area contributed by atoms with Crippen LogP contribution < -0.4 is 0 Å². The minimum atomic E-state index is -0.782. The maximum absolute atomic E-state index is 12.4. The van der Waals surface area contributed by atoms with Gasteiger partial charge in [-0.3, -0.25) is 0 Å². The lowest BCUT2D eigenvalue weighted by molar-refractivity contribution is 0.0540. The molecular weight excluding hydrogens is 252 g/mol. The Morgan fingerprint density at radius 3 is 2.78 bits per heavy atom. The molecule has 0 saturated carbocycles. The molecule has 5 heteroatoms. The summed E-state index contributed by atoms with van der Waals surface area (Å²) in [5.74, 6) is -0.0223. The summed E-state index contributed by atoms with van der Waals surface area (Å²) in [6, 6.07) is -1.52. The molecule has 0 bridgehead atoms. The number of hydrogen-bond donors (Lipinski definition) is 0. The topological polar surface area (TPSA) is 44.1 Å². The fourth-order valence-electron chi connectivity index (χ4n) is 1.44. The van der Waals surface area contributed by atoms with Crippen LogP contribution in [0, 0.1) is 0 Å². The Bertz CT molecular complexity index is 768. The summed E-state index contributed by atoms with van der Waals surface area (Å²) in [5.41, 5.74) is -0.800. The third-order valence-electron chi connectivity index (χ3n) is 2.07. The van der Waals surface area contributed by atoms with Crippen LogP contribution in [0.5, 0.6) is 0 Å². The average Bonchev–Trinajstić information content (AvgIpc) is 2.80. The van der Waals surface area contributed by atoms with E-state index in [-0.39, 0.29) is 34.8 Å². The van der Waals surface area contributed by atoms with Gasteiger partial charge < -0.3 is 4.74 Å². The number of fused-ring (bicyclic) bond motifs is 1. The highest BCUT2D eigenvalue weighted by molar-refractivity contribution is 6.17. The molecule has 0 saturated heterocycles. The molecule has 0 aliphatic rings. The smallest absolute Gasteiger partial charge is 0.420 e. The number of alkyl halides is 1. The summed E-state index contributed by atoms with van der Waals surface area (Å²) in [4.78, 5) is 16.4. The number of halogens is 1. The lowest BCUT2D eigenvalue weighted by Crippen LogP contribution is -2.27. The lowest BCUT2D eigenvalue weighted by atomic mass is 10.2. The van der Waals surface area contributed by atoms with Gasteiger partial charge in [-0.25, -0.2) is 14.3 Å². The predicted octanol–water partition coefficient (Wildman–Crippen LogP) is 3.56. The zero-order valence-electron chi connectivity index (χ0n) is 14.3. The molecule has 96 valence electrons. The number of para-hydroxylation sites is 2. The van der Waals surface area contributed by atoms with Gasteiger partial charge in [0.25, 0.3) is 0 Å². The van der Waals surface area contributed by atoms with Gasteiger partial charge in [-0.15, -0.1) is 11.6 Å². The lowest BCUT2D eigenvalue weighted by Gasteiger charge is -2.20. The third kappa shape index (κ3) is 2.48. The number of hydrogen-bond acceptors (Lipinski definition) is 3. The van der Waals surface area contributed by atoms with Gasteiger partial charge in [-0.05, 0) is 32.9 Å². The van der Waals surface area contributed by atoms with Gasteiger partial charge in [0.1, 0.15) is 11.4 Å². The van der Waals surface area contributed by atoms with Crippen LogP contribution in [-0.2, 0) is 10.6 Å². The maximum atomic E-state index is 12.4. The largest absolute Gasteiger partial charge is 0.443 e. The highest BCUT2D eigenvalue weighted by Gasteiger charge is 2.22. The van der Waals surface area contributed by atoms with Crippen LogP contribution in [0.1, 0.15) is 32.1 Å². The molecule has 1 aromatic heterocycles. The minimum Gasteiger partial charge on any atom is -0.443 e. The van der Waals surface area contributed by atoms with Crippen molar-refractivity contribution >= 4 is 28.7 Å². The van der Waals surface area contributed by atoms with Gasteiger partial charge in [0.15, 0.2) is 0 Å². The number of rotatable bonds is 1. The molecule has 2 aromatic rings. The number of carbonyl (C=O) groups excluding carboxylic acids is 1. The first-order chi connectivity index (χ1) is 10.1. The number of ether oxygens (including phenoxy) is 1. The Hall–Kier alpha value is -1.55. The molecule has 0 unspecified atom stereocenters. The molecule has 0 aliphatic heterocycles. The Morgan fingerprint density at radius 2 is 2.17 bits per heavy atom. The summed E-state index contributed by atoms with van der Waals surface area (Å²) in [7, 11) is 0. The molecule has 0 fully saturated rings. The second-order valence-electron chi connectivity index (χ2n) is 4.67. The minimum absolute atomic E-state index is 0.00694. The molecule has 4 nitrogen and oxygen atoms in total. The Balaban J connectivity index is 2.81. The van der Waals surface area contributed by atoms with Crippen LogP contribution in [0.15, 0.2) is 24.2 Å². The van der Waals surface area contributed by atoms with Crippen LogP contribution in [0.2, 0.25) is 0 Å². The summed E-state index contributed by atoms with van der Waals surface area (Å²) in [6.45, 7) is 5.08. The molecule has 0 atom stereocenters. The van der Waals surface area contributed by atoms with E-state index in [2.05, 4.69) is 4.98 Å². The molecule has 2 rings (SSSR count). The highest BCUT2D eigenvalue weighted by Crippen LogP contribution is 2.19. The first kappa shape index (κ1) is 8.53. The summed E-state index contributed by atoms with van der Waals surface area (Å²) in [5, 5.41) is 0. The zero-order valence-corrected chi connectivity index (χ0v) is 11.1. The first-order valence-electron chi connectivity index (χ1n) is 7.35. The molecule has 0 amide bonds. The monoisotopic (exact) mass is 270 g/mol. The second-order valence-corrected chi connectivity index (χ2v) is 4.94. The van der Waals surface area contributed by atoms with Crippen LogP contribution >= 0.6 is 11.6 Å². The van der Waals surface area contributed by atoms with Crippen molar-refractivity contribution in [3.05, 3.63) is 30.0 Å². The van der Waals surface area contributed by atoms with Crippen molar-refractivity contribution in [2.24, 2.45) is 0 Å². The van der Waals surface area contributed by atoms with Crippen LogP contribution in [0.3, 0.4) is 0 Å². The van der Waals surface area contributed by atoms with E-state index in [1.807, 2.05) is 0 Å². The number of imidazole rings is 1. The molecule has 0 radical (unpaired) electrons. The first-order valence-corrected chi connectivity index (χ1v) is 5.89. The molecule has 1 heterocycles. The average molecular weight is 271 g/mol. The molecule has 18 heavy (non-hydrogen) atoms. The predicted molar refractivity (Wildman–Crippen MR) is 70.9 cm³/mol. The zero-order chi connectivity index (χ0) is 16.8. The van der Waals surface area contributed by atoms with E-state index in [1.165, 1.54) is 0 Å². The van der Waals surface area contributed by atoms with Crippen LogP contribution in [0.4, 0.5) is 4.79 Å². The number of benzene rings is 1. The molecule has 1 aromatic carbocycles. The standard InChI is InChI=1S/C13H15ClN2O2/c1-13(2,3)18-12(17)16-10-7-5-4-6-9(10)15-11(16)8-14/h4-7H,8H2,1-3H3/i4D,5D,6D,7D. The van der Waals surface area contributed by atoms with E-state index >= 15 is 0 Å². The number of nitrogens with zero attached hydrogens (tertiary/aromatic N) is 2. The van der Waals surface area contributed by atoms with Gasteiger partial charge in [0.05, 0.1) is 22.4 Å². The number of aromatic nitrogens is 2. The number of carbonyl (C=O) groups is 1. The van der Waals surface area contributed by atoms with Crippen molar-refractivity contribution in [3.63, 3.8) is 0 Å². The molecule has 0 aliphatic carbocycles. The van der Waals surface area contributed by atoms with E-state index in [0.29, 0.717) is 0 Å². The van der Waals surface area contributed by atoms with Crippen molar-refractivity contribution < 1.29 is 15.0 Å². The van der Waals surface area contributed by atoms with Crippen molar-refractivity contribution in [2.75, 3.05) is 0 Å². The fourth-order valence-corrected chi connectivity index (χ4v) is 1.62. The molecular formula is C13H15ClN2O2. The van der Waals surface area contributed by atoms with Crippen molar-refractivity contribution in [2.45, 2.75) is 32.3 Å². The van der Waals surface area contributed by atoms with Crippen molar-refractivity contribution in [1.29, 1.82) is 0 Å². The Kier molecular flexibility index (Phi) is 2.19. The molecule has 0 N–H and O–H groups in total. The van der Waals surface area contributed by atoms with Crippen molar-refractivity contribution in [1.82, 2.24) is 9.55 Å². The Morgan fingerprint density at radius 1 is 1.50 bits per heavy atom. The quantitative estimate of drug-likeness (QED) is 0.744. The van der Waals surface area contributed by atoms with E-state index < -0.39 is 23.8 Å². The van der Waals surface area contributed by atoms with E-state index in [1.54, 1.807) is 20.8 Å². The third-order valence-corrected chi connectivity index (χ3v) is 2.31. The van der Waals surface area contributed by atoms with Gasteiger partial charge in [-0.2, -0.15) is 0 Å². The summed E-state index contributed by atoms with van der Waals surface area (Å²) < 4.78 is 37.5. The van der Waals surface area contributed by atoms with Gasteiger partial charge in [0, 0.05) is 0 Å². The van der Waals surface area contributed by atoms with Crippen LogP contribution in [0.25, 0.3) is 11.0 Å². The second kappa shape index (κ2) is 4.61. The highest BCUT2D eigenvalue weighted by atomic mass is 35.5. The summed E-state index contributed by atoms with van der Waals surface area (Å²) in [6.07, 6.45) is -0.782. The van der Waals surface area contributed by atoms with E-state index in [4.69, 9.17) is 21.8 Å². The maximum Gasteiger partial charge on any atom is 0.420 e. The summed E-state index contributed by atoms with van der Waals surface area (Å²) >= 11 is 5.80. The molecule has 0 spiro atoms.